The molecule has 2 aromatic heterocycles. The van der Waals surface area contributed by atoms with Crippen molar-refractivity contribution in [1.82, 2.24) is 19.3 Å². The van der Waals surface area contributed by atoms with Crippen LogP contribution >= 0.6 is 0 Å². The first-order chi connectivity index (χ1) is 18.4. The minimum Gasteiger partial charge on any atom is -0.478 e. The molecule has 0 spiro atoms. The van der Waals surface area contributed by atoms with Gasteiger partial charge in [0.05, 0.1) is 11.9 Å². The van der Waals surface area contributed by atoms with Gasteiger partial charge in [0.2, 0.25) is 5.82 Å². The monoisotopic (exact) mass is 515 g/mol. The van der Waals surface area contributed by atoms with Gasteiger partial charge in [-0.2, -0.15) is 4.39 Å². The average Bonchev–Trinajstić information content (AvgIpc) is 3.35. The molecule has 7 nitrogen and oxygen atoms in total. The van der Waals surface area contributed by atoms with Gasteiger partial charge in [0, 0.05) is 42.3 Å². The number of carbonyl (C=O) groups excluding carboxylic acids is 1. The fourth-order valence-corrected chi connectivity index (χ4v) is 4.67. The Labute approximate surface area is 219 Å². The molecule has 0 bridgehead atoms. The van der Waals surface area contributed by atoms with Gasteiger partial charge >= 0.3 is 0 Å². The van der Waals surface area contributed by atoms with E-state index in [1.54, 1.807) is 16.8 Å². The van der Waals surface area contributed by atoms with E-state index in [4.69, 9.17) is 11.2 Å². The molecule has 1 saturated heterocycles. The van der Waals surface area contributed by atoms with E-state index in [9.17, 15) is 13.6 Å². The van der Waals surface area contributed by atoms with Crippen LogP contribution in [-0.4, -0.2) is 44.9 Å². The Hall–Kier alpha value is -4.45. The van der Waals surface area contributed by atoms with Crippen molar-refractivity contribution in [3.05, 3.63) is 71.7 Å². The molecule has 5 rings (SSSR count). The summed E-state index contributed by atoms with van der Waals surface area (Å²) in [6.45, 7) is 5.50. The van der Waals surface area contributed by atoms with Crippen molar-refractivity contribution in [2.24, 2.45) is 5.92 Å². The zero-order chi connectivity index (χ0) is 26.8. The summed E-state index contributed by atoms with van der Waals surface area (Å²) >= 11 is 0. The largest absolute Gasteiger partial charge is 0.478 e. The molecule has 0 atom stereocenters. The minimum absolute atomic E-state index is 0.0195. The van der Waals surface area contributed by atoms with Gasteiger partial charge in [-0.1, -0.05) is 12.8 Å². The molecule has 1 aliphatic rings. The van der Waals surface area contributed by atoms with Gasteiger partial charge in [0.1, 0.15) is 6.61 Å². The summed E-state index contributed by atoms with van der Waals surface area (Å²) in [7, 11) is 0. The molecule has 0 radical (unpaired) electrons. The highest BCUT2D eigenvalue weighted by Gasteiger charge is 2.23. The number of nitrogens with zero attached hydrogens (tertiary/aromatic N) is 4. The lowest BCUT2D eigenvalue weighted by Crippen LogP contribution is -2.38. The third-order valence-corrected chi connectivity index (χ3v) is 6.85. The van der Waals surface area contributed by atoms with Crippen LogP contribution in [0.25, 0.3) is 16.9 Å². The van der Waals surface area contributed by atoms with Crippen molar-refractivity contribution in [3.8, 4) is 29.4 Å². The zero-order valence-corrected chi connectivity index (χ0v) is 21.2. The van der Waals surface area contributed by atoms with Gasteiger partial charge in [-0.25, -0.2) is 14.4 Å². The van der Waals surface area contributed by atoms with Crippen molar-refractivity contribution < 1.29 is 18.3 Å². The van der Waals surface area contributed by atoms with E-state index in [-0.39, 0.29) is 23.8 Å². The number of rotatable bonds is 6. The van der Waals surface area contributed by atoms with Crippen molar-refractivity contribution in [2.75, 3.05) is 25.0 Å². The maximum atomic E-state index is 14.9. The first-order valence-electron chi connectivity index (χ1n) is 12.4. The average molecular weight is 516 g/mol. The van der Waals surface area contributed by atoms with E-state index in [1.807, 2.05) is 30.0 Å². The third-order valence-electron chi connectivity index (χ3n) is 6.85. The van der Waals surface area contributed by atoms with Gasteiger partial charge in [-0.15, -0.1) is 6.42 Å². The SMILES string of the molecule is C#CCOc1ccc(-c2cnc3c(Nc4ccc(C(=O)N5CCC(C)CC5)c(C)c4)nccn23)c(F)c1F. The second-order valence-corrected chi connectivity index (χ2v) is 9.47. The van der Waals surface area contributed by atoms with Crippen LogP contribution in [0.1, 0.15) is 35.7 Å². The van der Waals surface area contributed by atoms with Gasteiger partial charge in [0.25, 0.3) is 5.91 Å². The van der Waals surface area contributed by atoms with Crippen LogP contribution in [0.5, 0.6) is 5.75 Å². The quantitative estimate of drug-likeness (QED) is 0.338. The van der Waals surface area contributed by atoms with E-state index in [1.165, 1.54) is 18.3 Å². The van der Waals surface area contributed by atoms with Crippen molar-refractivity contribution in [2.45, 2.75) is 26.7 Å². The molecular formula is C29H27F2N5O2. The predicted molar refractivity (Wildman–Crippen MR) is 141 cm³/mol. The Morgan fingerprint density at radius 1 is 1.18 bits per heavy atom. The van der Waals surface area contributed by atoms with E-state index in [0.29, 0.717) is 28.6 Å². The highest BCUT2D eigenvalue weighted by atomic mass is 19.2. The molecule has 1 aliphatic heterocycles. The van der Waals surface area contributed by atoms with Gasteiger partial charge in [-0.05, 0) is 61.6 Å². The number of ether oxygens (including phenoxy) is 1. The molecule has 4 aromatic rings. The summed E-state index contributed by atoms with van der Waals surface area (Å²) in [6, 6.07) is 8.28. The smallest absolute Gasteiger partial charge is 0.254 e. The Bertz CT molecular complexity index is 1550. The lowest BCUT2D eigenvalue weighted by atomic mass is 9.98. The van der Waals surface area contributed by atoms with Crippen molar-refractivity contribution >= 4 is 23.1 Å². The first-order valence-corrected chi connectivity index (χ1v) is 12.4. The molecule has 0 saturated carbocycles. The Balaban J connectivity index is 1.40. The van der Waals surface area contributed by atoms with Crippen LogP contribution in [-0.2, 0) is 0 Å². The summed E-state index contributed by atoms with van der Waals surface area (Å²) in [4.78, 5) is 23.7. The number of nitrogens with one attached hydrogen (secondary N) is 1. The van der Waals surface area contributed by atoms with Gasteiger partial charge < -0.3 is 15.0 Å². The van der Waals surface area contributed by atoms with Crippen molar-refractivity contribution in [1.29, 1.82) is 0 Å². The summed E-state index contributed by atoms with van der Waals surface area (Å²) in [6.07, 6.45) is 11.8. The number of aromatic nitrogens is 3. The molecular weight excluding hydrogens is 488 g/mol. The normalized spacial score (nSPS) is 13.9. The lowest BCUT2D eigenvalue weighted by Gasteiger charge is -2.30. The van der Waals surface area contributed by atoms with Crippen LogP contribution in [0.4, 0.5) is 20.3 Å². The van der Waals surface area contributed by atoms with Crippen LogP contribution in [0.3, 0.4) is 0 Å². The maximum Gasteiger partial charge on any atom is 0.254 e. The maximum absolute atomic E-state index is 14.9. The molecule has 2 aromatic carbocycles. The number of piperidine rings is 1. The van der Waals surface area contributed by atoms with E-state index >= 15 is 0 Å². The summed E-state index contributed by atoms with van der Waals surface area (Å²) in [5, 5.41) is 3.24. The second kappa shape index (κ2) is 10.5. The number of hydrogen-bond acceptors (Lipinski definition) is 5. The fourth-order valence-electron chi connectivity index (χ4n) is 4.67. The van der Waals surface area contributed by atoms with Crippen LogP contribution in [0.2, 0.25) is 0 Å². The number of likely N-dealkylation sites (tertiary alicyclic amines) is 1. The highest BCUT2D eigenvalue weighted by molar-refractivity contribution is 5.96. The number of imidazole rings is 1. The Morgan fingerprint density at radius 2 is 1.97 bits per heavy atom. The summed E-state index contributed by atoms with van der Waals surface area (Å²) < 4.78 is 36.2. The van der Waals surface area contributed by atoms with Gasteiger partial charge in [0.15, 0.2) is 23.0 Å². The van der Waals surface area contributed by atoms with E-state index in [2.05, 4.69) is 28.1 Å². The molecule has 1 N–H and O–H groups in total. The number of aryl methyl sites for hydroxylation is 1. The predicted octanol–water partition coefficient (Wildman–Crippen LogP) is 5.61. The number of amides is 1. The topological polar surface area (TPSA) is 71.8 Å². The molecule has 9 heteroatoms. The number of carbonyl (C=O) groups is 1. The number of fused-ring (bicyclic) bond motifs is 1. The summed E-state index contributed by atoms with van der Waals surface area (Å²) in [5.41, 5.74) is 3.04. The Kier molecular flexibility index (Phi) is 6.97. The van der Waals surface area contributed by atoms with Crippen LogP contribution in [0, 0.1) is 36.8 Å². The fraction of sp³-hybridized carbons (Fsp3) is 0.276. The molecule has 0 unspecified atom stereocenters. The van der Waals surface area contributed by atoms with Gasteiger partial charge in [-0.3, -0.25) is 9.20 Å². The second-order valence-electron chi connectivity index (χ2n) is 9.47. The van der Waals surface area contributed by atoms with Crippen LogP contribution < -0.4 is 10.1 Å². The third kappa shape index (κ3) is 4.77. The summed E-state index contributed by atoms with van der Waals surface area (Å²) in [5.74, 6) is 0.905. The number of hydrogen-bond donors (Lipinski definition) is 1. The number of terminal acetylenes is 1. The molecule has 3 heterocycles. The highest BCUT2D eigenvalue weighted by Crippen LogP contribution is 2.32. The van der Waals surface area contributed by atoms with Crippen LogP contribution in [0.15, 0.2) is 48.9 Å². The number of anilines is 2. The van der Waals surface area contributed by atoms with E-state index < -0.39 is 11.6 Å². The molecule has 38 heavy (non-hydrogen) atoms. The standard InChI is InChI=1S/C29H27F2N5O2/c1-4-15-38-24-8-7-22(25(30)26(24)31)23-17-33-28-27(32-11-14-36(23)28)34-20-5-6-21(19(3)16-20)29(37)35-12-9-18(2)10-13-35/h1,5-8,11,14,16-18H,9-10,12-13,15H2,2-3H3,(H,32,34). The lowest BCUT2D eigenvalue weighted by molar-refractivity contribution is 0.0696. The van der Waals surface area contributed by atoms with Crippen molar-refractivity contribution in [3.63, 3.8) is 0 Å². The molecule has 1 fully saturated rings. The molecule has 194 valence electrons. The Morgan fingerprint density at radius 3 is 2.71 bits per heavy atom. The minimum atomic E-state index is -1.12. The zero-order valence-electron chi connectivity index (χ0n) is 21.2. The van der Waals surface area contributed by atoms with E-state index in [0.717, 1.165) is 37.2 Å². The first kappa shape index (κ1) is 25.2. The number of halogens is 2. The number of benzene rings is 2. The molecule has 0 aliphatic carbocycles. The molecule has 1 amide bonds.